The van der Waals surface area contributed by atoms with Crippen LogP contribution in [0.1, 0.15) is 51.9 Å². The Morgan fingerprint density at radius 3 is 2.33 bits per heavy atom. The minimum Gasteiger partial charge on any atom is -0.306 e. The zero-order valence-corrected chi connectivity index (χ0v) is 9.49. The summed E-state index contributed by atoms with van der Waals surface area (Å²) in [6.07, 6.45) is 6.08. The Morgan fingerprint density at radius 2 is 1.73 bits per heavy atom. The van der Waals surface area contributed by atoms with E-state index < -0.39 is 11.5 Å². The number of hydrogen-bond donors (Lipinski definition) is 1. The normalized spacial score (nSPS) is 37.8. The van der Waals surface area contributed by atoms with Gasteiger partial charge in [0.05, 0.1) is 5.54 Å². The summed E-state index contributed by atoms with van der Waals surface area (Å²) in [4.78, 5) is 0. The summed E-state index contributed by atoms with van der Waals surface area (Å²) in [5.41, 5.74) is -0.939. The third-order valence-corrected chi connectivity index (χ3v) is 4.34. The van der Waals surface area contributed by atoms with Gasteiger partial charge in [0.2, 0.25) is 0 Å². The van der Waals surface area contributed by atoms with E-state index in [2.05, 4.69) is 5.32 Å². The third kappa shape index (κ3) is 1.91. The van der Waals surface area contributed by atoms with Crippen LogP contribution in [0, 0.1) is 5.92 Å². The van der Waals surface area contributed by atoms with E-state index in [1.54, 1.807) is 6.92 Å². The Labute approximate surface area is 90.6 Å². The van der Waals surface area contributed by atoms with Gasteiger partial charge in [-0.3, -0.25) is 0 Å². The average molecular weight is 217 g/mol. The highest BCUT2D eigenvalue weighted by Crippen LogP contribution is 2.45. The molecule has 1 heterocycles. The van der Waals surface area contributed by atoms with Gasteiger partial charge in [-0.25, -0.2) is 8.78 Å². The molecule has 0 bridgehead atoms. The number of alkyl halides is 2. The molecule has 0 radical (unpaired) electrons. The summed E-state index contributed by atoms with van der Waals surface area (Å²) in [6.45, 7) is 2.49. The minimum absolute atomic E-state index is 0.0625. The first-order valence-electron chi connectivity index (χ1n) is 6.19. The topological polar surface area (TPSA) is 12.0 Å². The van der Waals surface area contributed by atoms with Crippen LogP contribution in [-0.2, 0) is 0 Å². The Balaban J connectivity index is 2.14. The Bertz CT molecular complexity index is 224. The molecule has 1 saturated heterocycles. The molecule has 2 rings (SSSR count). The van der Waals surface area contributed by atoms with Gasteiger partial charge >= 0.3 is 0 Å². The van der Waals surface area contributed by atoms with E-state index in [0.29, 0.717) is 6.42 Å². The fourth-order valence-corrected chi connectivity index (χ4v) is 3.17. The fourth-order valence-electron chi connectivity index (χ4n) is 3.17. The van der Waals surface area contributed by atoms with E-state index in [-0.39, 0.29) is 12.3 Å². The minimum atomic E-state index is -2.52. The van der Waals surface area contributed by atoms with Gasteiger partial charge in [0.1, 0.15) is 0 Å². The van der Waals surface area contributed by atoms with Crippen LogP contribution < -0.4 is 5.32 Å². The van der Waals surface area contributed by atoms with Crippen molar-refractivity contribution < 1.29 is 8.78 Å². The molecule has 0 spiro atoms. The van der Waals surface area contributed by atoms with Gasteiger partial charge in [-0.1, -0.05) is 19.3 Å². The van der Waals surface area contributed by atoms with E-state index in [9.17, 15) is 8.78 Å². The average Bonchev–Trinajstić information content (AvgIpc) is 2.24. The van der Waals surface area contributed by atoms with Gasteiger partial charge in [0, 0.05) is 6.42 Å². The van der Waals surface area contributed by atoms with E-state index >= 15 is 0 Å². The Morgan fingerprint density at radius 1 is 1.07 bits per heavy atom. The van der Waals surface area contributed by atoms with Crippen molar-refractivity contribution in [1.82, 2.24) is 5.32 Å². The zero-order chi connectivity index (χ0) is 10.9. The molecule has 0 amide bonds. The summed E-state index contributed by atoms with van der Waals surface area (Å²) < 4.78 is 28.0. The van der Waals surface area contributed by atoms with Gasteiger partial charge in [-0.05, 0) is 38.6 Å². The molecule has 1 nitrogen and oxygen atoms in total. The van der Waals surface area contributed by atoms with Crippen LogP contribution in [0.4, 0.5) is 8.78 Å². The second-order valence-electron chi connectivity index (χ2n) is 5.27. The molecule has 0 aromatic heterocycles. The molecule has 1 N–H and O–H groups in total. The predicted octanol–water partition coefficient (Wildman–Crippen LogP) is 3.34. The molecule has 0 aromatic carbocycles. The van der Waals surface area contributed by atoms with E-state index in [0.717, 1.165) is 32.2 Å². The SMILES string of the molecule is CC1(C2CCCCC2)NCCCC1(F)F. The lowest BCUT2D eigenvalue weighted by atomic mass is 9.70. The van der Waals surface area contributed by atoms with Crippen molar-refractivity contribution in [3.8, 4) is 0 Å². The summed E-state index contributed by atoms with van der Waals surface area (Å²) in [5.74, 6) is -2.35. The van der Waals surface area contributed by atoms with E-state index in [4.69, 9.17) is 0 Å². The van der Waals surface area contributed by atoms with Gasteiger partial charge in [0.25, 0.3) is 5.92 Å². The number of piperidine rings is 1. The Kier molecular flexibility index (Phi) is 3.02. The maximum absolute atomic E-state index is 14.0. The van der Waals surface area contributed by atoms with Crippen molar-refractivity contribution in [3.63, 3.8) is 0 Å². The molecule has 1 aliphatic carbocycles. The second-order valence-corrected chi connectivity index (χ2v) is 5.27. The fraction of sp³-hybridized carbons (Fsp3) is 1.00. The molecule has 15 heavy (non-hydrogen) atoms. The number of halogens is 2. The lowest BCUT2D eigenvalue weighted by Gasteiger charge is -2.48. The smallest absolute Gasteiger partial charge is 0.265 e. The van der Waals surface area contributed by atoms with Crippen LogP contribution >= 0.6 is 0 Å². The highest BCUT2D eigenvalue weighted by molar-refractivity contribution is 5.04. The molecule has 1 saturated carbocycles. The predicted molar refractivity (Wildman–Crippen MR) is 57.2 cm³/mol. The van der Waals surface area contributed by atoms with E-state index in [1.165, 1.54) is 6.42 Å². The molecule has 2 fully saturated rings. The van der Waals surface area contributed by atoms with E-state index in [1.807, 2.05) is 0 Å². The second kappa shape index (κ2) is 4.00. The molecule has 1 atom stereocenters. The quantitative estimate of drug-likeness (QED) is 0.710. The van der Waals surface area contributed by atoms with Crippen LogP contribution in [0.5, 0.6) is 0 Å². The first-order chi connectivity index (χ1) is 7.06. The van der Waals surface area contributed by atoms with Gasteiger partial charge < -0.3 is 5.32 Å². The van der Waals surface area contributed by atoms with Crippen molar-refractivity contribution in [2.75, 3.05) is 6.54 Å². The Hall–Kier alpha value is -0.180. The first kappa shape index (κ1) is 11.3. The lowest BCUT2D eigenvalue weighted by Crippen LogP contribution is -2.64. The molecule has 2 aliphatic rings. The monoisotopic (exact) mass is 217 g/mol. The highest BCUT2D eigenvalue weighted by Gasteiger charge is 2.55. The third-order valence-electron chi connectivity index (χ3n) is 4.34. The van der Waals surface area contributed by atoms with Crippen molar-refractivity contribution in [2.24, 2.45) is 5.92 Å². The van der Waals surface area contributed by atoms with Crippen molar-refractivity contribution >= 4 is 0 Å². The van der Waals surface area contributed by atoms with Crippen molar-refractivity contribution in [3.05, 3.63) is 0 Å². The van der Waals surface area contributed by atoms with Gasteiger partial charge in [0.15, 0.2) is 0 Å². The molecular weight excluding hydrogens is 196 g/mol. The summed E-state index contributed by atoms with van der Waals surface area (Å²) >= 11 is 0. The number of hydrogen-bond acceptors (Lipinski definition) is 1. The van der Waals surface area contributed by atoms with Gasteiger partial charge in [-0.15, -0.1) is 0 Å². The summed E-state index contributed by atoms with van der Waals surface area (Å²) in [6, 6.07) is 0. The maximum atomic E-state index is 14.0. The molecule has 3 heteroatoms. The maximum Gasteiger partial charge on any atom is 0.265 e. The number of nitrogens with one attached hydrogen (secondary N) is 1. The van der Waals surface area contributed by atoms with Crippen LogP contribution in [-0.4, -0.2) is 18.0 Å². The van der Waals surface area contributed by atoms with Crippen LogP contribution in [0.3, 0.4) is 0 Å². The van der Waals surface area contributed by atoms with Crippen LogP contribution in [0.25, 0.3) is 0 Å². The molecule has 0 aromatic rings. The highest BCUT2D eigenvalue weighted by atomic mass is 19.3. The molecule has 88 valence electrons. The zero-order valence-electron chi connectivity index (χ0n) is 9.49. The largest absolute Gasteiger partial charge is 0.306 e. The first-order valence-corrected chi connectivity index (χ1v) is 6.19. The molecular formula is C12H21F2N. The molecule has 1 unspecified atom stereocenters. The van der Waals surface area contributed by atoms with Crippen molar-refractivity contribution in [2.45, 2.75) is 63.3 Å². The lowest BCUT2D eigenvalue weighted by molar-refractivity contribution is -0.133. The van der Waals surface area contributed by atoms with Crippen LogP contribution in [0.2, 0.25) is 0 Å². The summed E-state index contributed by atoms with van der Waals surface area (Å²) in [5, 5.41) is 3.11. The summed E-state index contributed by atoms with van der Waals surface area (Å²) in [7, 11) is 0. The van der Waals surface area contributed by atoms with Crippen LogP contribution in [0.15, 0.2) is 0 Å². The van der Waals surface area contributed by atoms with Crippen molar-refractivity contribution in [1.29, 1.82) is 0 Å². The van der Waals surface area contributed by atoms with Gasteiger partial charge in [-0.2, -0.15) is 0 Å². The standard InChI is InChI=1S/C12H21F2N/c1-11(10-6-3-2-4-7-10)12(13,14)8-5-9-15-11/h10,15H,2-9H2,1H3. The molecule has 1 aliphatic heterocycles. The number of rotatable bonds is 1.